The Morgan fingerprint density at radius 1 is 1.07 bits per heavy atom. The van der Waals surface area contributed by atoms with E-state index in [0.29, 0.717) is 22.7 Å². The summed E-state index contributed by atoms with van der Waals surface area (Å²) >= 11 is 11.3. The van der Waals surface area contributed by atoms with Gasteiger partial charge in [-0.15, -0.1) is 0 Å². The molecule has 0 aromatic heterocycles. The SMILES string of the molecule is CC(C)NC(=O)c1ccccc1NC(=S)NC(=O)CCc1ccccc1Cl. The minimum absolute atomic E-state index is 0.0158. The van der Waals surface area contributed by atoms with Crippen LogP contribution in [0.2, 0.25) is 5.02 Å². The number of hydrogen-bond acceptors (Lipinski definition) is 3. The number of amides is 2. The molecule has 2 amide bonds. The topological polar surface area (TPSA) is 70.2 Å². The molecule has 0 saturated heterocycles. The average molecular weight is 404 g/mol. The Labute approximate surface area is 169 Å². The third kappa shape index (κ3) is 6.66. The van der Waals surface area contributed by atoms with Crippen molar-refractivity contribution in [2.75, 3.05) is 5.32 Å². The molecule has 0 unspecified atom stereocenters. The van der Waals surface area contributed by atoms with Crippen LogP contribution in [0.25, 0.3) is 0 Å². The highest BCUT2D eigenvalue weighted by Gasteiger charge is 2.13. The van der Waals surface area contributed by atoms with E-state index in [-0.39, 0.29) is 29.4 Å². The highest BCUT2D eigenvalue weighted by atomic mass is 35.5. The van der Waals surface area contributed by atoms with Crippen LogP contribution in [-0.2, 0) is 11.2 Å². The van der Waals surface area contributed by atoms with Gasteiger partial charge in [0.1, 0.15) is 0 Å². The first-order valence-corrected chi connectivity index (χ1v) is 9.39. The van der Waals surface area contributed by atoms with Crippen LogP contribution in [0.5, 0.6) is 0 Å². The van der Waals surface area contributed by atoms with E-state index in [1.807, 2.05) is 32.0 Å². The number of anilines is 1. The molecule has 3 N–H and O–H groups in total. The lowest BCUT2D eigenvalue weighted by atomic mass is 10.1. The smallest absolute Gasteiger partial charge is 0.253 e. The summed E-state index contributed by atoms with van der Waals surface area (Å²) in [5.41, 5.74) is 1.90. The molecule has 5 nitrogen and oxygen atoms in total. The van der Waals surface area contributed by atoms with Crippen molar-refractivity contribution < 1.29 is 9.59 Å². The third-order valence-electron chi connectivity index (χ3n) is 3.67. The second kappa shape index (κ2) is 10.0. The van der Waals surface area contributed by atoms with Crippen molar-refractivity contribution in [2.45, 2.75) is 32.7 Å². The van der Waals surface area contributed by atoms with Crippen LogP contribution in [0.1, 0.15) is 36.2 Å². The van der Waals surface area contributed by atoms with E-state index in [1.165, 1.54) is 0 Å². The second-order valence-electron chi connectivity index (χ2n) is 6.27. The molecule has 7 heteroatoms. The number of para-hydroxylation sites is 1. The molecule has 27 heavy (non-hydrogen) atoms. The van der Waals surface area contributed by atoms with Gasteiger partial charge in [-0.05, 0) is 56.2 Å². The molecule has 0 spiro atoms. The van der Waals surface area contributed by atoms with Crippen molar-refractivity contribution in [3.8, 4) is 0 Å². The fourth-order valence-electron chi connectivity index (χ4n) is 2.42. The Morgan fingerprint density at radius 2 is 1.74 bits per heavy atom. The van der Waals surface area contributed by atoms with E-state index in [4.69, 9.17) is 23.8 Å². The highest BCUT2D eigenvalue weighted by Crippen LogP contribution is 2.17. The fourth-order valence-corrected chi connectivity index (χ4v) is 2.88. The van der Waals surface area contributed by atoms with E-state index in [0.717, 1.165) is 5.56 Å². The lowest BCUT2D eigenvalue weighted by Gasteiger charge is -2.14. The molecule has 0 aliphatic rings. The zero-order valence-corrected chi connectivity index (χ0v) is 16.8. The lowest BCUT2D eigenvalue weighted by Crippen LogP contribution is -2.35. The molecule has 0 aliphatic carbocycles. The molecule has 0 atom stereocenters. The minimum atomic E-state index is -0.225. The largest absolute Gasteiger partial charge is 0.350 e. The average Bonchev–Trinajstić information content (AvgIpc) is 2.60. The zero-order valence-electron chi connectivity index (χ0n) is 15.2. The lowest BCUT2D eigenvalue weighted by molar-refractivity contribution is -0.119. The Bertz CT molecular complexity index is 839. The van der Waals surface area contributed by atoms with Gasteiger partial charge in [-0.25, -0.2) is 0 Å². The van der Waals surface area contributed by atoms with Gasteiger partial charge in [0, 0.05) is 17.5 Å². The number of rotatable bonds is 6. The summed E-state index contributed by atoms with van der Waals surface area (Å²) in [6.07, 6.45) is 0.766. The Hall–Kier alpha value is -2.44. The van der Waals surface area contributed by atoms with Crippen molar-refractivity contribution in [1.29, 1.82) is 0 Å². The van der Waals surface area contributed by atoms with Gasteiger partial charge in [-0.1, -0.05) is 41.9 Å². The number of carbonyl (C=O) groups is 2. The van der Waals surface area contributed by atoms with E-state index >= 15 is 0 Å². The molecule has 0 heterocycles. The van der Waals surface area contributed by atoms with E-state index in [2.05, 4.69) is 16.0 Å². The number of carbonyl (C=O) groups excluding carboxylic acids is 2. The van der Waals surface area contributed by atoms with Gasteiger partial charge in [-0.2, -0.15) is 0 Å². The number of benzene rings is 2. The number of halogens is 1. The first-order chi connectivity index (χ1) is 12.9. The van der Waals surface area contributed by atoms with Gasteiger partial charge in [0.2, 0.25) is 5.91 Å². The predicted octanol–water partition coefficient (Wildman–Crippen LogP) is 3.92. The molecule has 0 fully saturated rings. The summed E-state index contributed by atoms with van der Waals surface area (Å²) in [7, 11) is 0. The van der Waals surface area contributed by atoms with Crippen LogP contribution in [0.3, 0.4) is 0 Å². The van der Waals surface area contributed by atoms with Crippen molar-refractivity contribution in [1.82, 2.24) is 10.6 Å². The molecule has 2 rings (SSSR count). The number of nitrogens with one attached hydrogen (secondary N) is 3. The summed E-state index contributed by atoms with van der Waals surface area (Å²) in [5, 5.41) is 9.16. The summed E-state index contributed by atoms with van der Waals surface area (Å²) in [6, 6.07) is 14.4. The summed E-state index contributed by atoms with van der Waals surface area (Å²) < 4.78 is 0. The molecule has 0 radical (unpaired) electrons. The molecule has 0 saturated carbocycles. The van der Waals surface area contributed by atoms with Crippen LogP contribution < -0.4 is 16.0 Å². The maximum atomic E-state index is 12.3. The zero-order chi connectivity index (χ0) is 19.8. The Kier molecular flexibility index (Phi) is 7.76. The molecule has 0 aliphatic heterocycles. The summed E-state index contributed by atoms with van der Waals surface area (Å²) in [4.78, 5) is 24.4. The van der Waals surface area contributed by atoms with Crippen LogP contribution in [0.15, 0.2) is 48.5 Å². The monoisotopic (exact) mass is 403 g/mol. The van der Waals surface area contributed by atoms with Crippen LogP contribution >= 0.6 is 23.8 Å². The molecule has 2 aromatic rings. The first kappa shape index (κ1) is 20.9. The van der Waals surface area contributed by atoms with Gasteiger partial charge in [0.05, 0.1) is 11.3 Å². The van der Waals surface area contributed by atoms with Crippen molar-refractivity contribution in [3.05, 3.63) is 64.7 Å². The van der Waals surface area contributed by atoms with Crippen LogP contribution in [0.4, 0.5) is 5.69 Å². The van der Waals surface area contributed by atoms with Crippen molar-refractivity contribution >= 4 is 46.4 Å². The van der Waals surface area contributed by atoms with Gasteiger partial charge in [0.15, 0.2) is 5.11 Å². The molecular weight excluding hydrogens is 382 g/mol. The van der Waals surface area contributed by atoms with Gasteiger partial charge < -0.3 is 16.0 Å². The molecule has 142 valence electrons. The van der Waals surface area contributed by atoms with E-state index in [9.17, 15) is 9.59 Å². The van der Waals surface area contributed by atoms with Crippen LogP contribution in [0, 0.1) is 0 Å². The van der Waals surface area contributed by atoms with Gasteiger partial charge in [0.25, 0.3) is 5.91 Å². The Balaban J connectivity index is 1.93. The van der Waals surface area contributed by atoms with Gasteiger partial charge >= 0.3 is 0 Å². The van der Waals surface area contributed by atoms with E-state index < -0.39 is 0 Å². The number of hydrogen-bond donors (Lipinski definition) is 3. The maximum absolute atomic E-state index is 12.3. The summed E-state index contributed by atoms with van der Waals surface area (Å²) in [6.45, 7) is 3.77. The number of thiocarbonyl (C=S) groups is 1. The third-order valence-corrected chi connectivity index (χ3v) is 4.24. The summed E-state index contributed by atoms with van der Waals surface area (Å²) in [5.74, 6) is -0.433. The highest BCUT2D eigenvalue weighted by molar-refractivity contribution is 7.80. The fraction of sp³-hybridized carbons (Fsp3) is 0.250. The van der Waals surface area contributed by atoms with Crippen LogP contribution in [-0.4, -0.2) is 23.0 Å². The maximum Gasteiger partial charge on any atom is 0.253 e. The van der Waals surface area contributed by atoms with Gasteiger partial charge in [-0.3, -0.25) is 9.59 Å². The van der Waals surface area contributed by atoms with Crippen molar-refractivity contribution in [3.63, 3.8) is 0 Å². The normalized spacial score (nSPS) is 10.4. The van der Waals surface area contributed by atoms with E-state index in [1.54, 1.807) is 30.3 Å². The second-order valence-corrected chi connectivity index (χ2v) is 7.08. The quantitative estimate of drug-likeness (QED) is 0.639. The minimum Gasteiger partial charge on any atom is -0.350 e. The molecule has 2 aromatic carbocycles. The first-order valence-electron chi connectivity index (χ1n) is 8.61. The molecular formula is C20H22ClN3O2S. The molecule has 0 bridgehead atoms. The number of aryl methyl sites for hydroxylation is 1. The standard InChI is InChI=1S/C20H22ClN3O2S/c1-13(2)22-19(26)15-8-4-6-10-17(15)23-20(27)24-18(25)12-11-14-7-3-5-9-16(14)21/h3-10,13H,11-12H2,1-2H3,(H,22,26)(H2,23,24,25,27). The predicted molar refractivity (Wildman–Crippen MR) is 113 cm³/mol. The Morgan fingerprint density at radius 3 is 2.44 bits per heavy atom. The van der Waals surface area contributed by atoms with Crippen molar-refractivity contribution in [2.24, 2.45) is 0 Å².